The van der Waals surface area contributed by atoms with E-state index in [9.17, 15) is 0 Å². The summed E-state index contributed by atoms with van der Waals surface area (Å²) in [6.45, 7) is 1.63. The zero-order valence-electron chi connectivity index (χ0n) is 15.2. The highest BCUT2D eigenvalue weighted by molar-refractivity contribution is 7.19. The van der Waals surface area contributed by atoms with Crippen molar-refractivity contribution in [3.8, 4) is 33.2 Å². The zero-order valence-corrected chi connectivity index (χ0v) is 16.0. The Kier molecular flexibility index (Phi) is 4.93. The number of methoxy groups -OCH3 is 2. The molecule has 2 aromatic carbocycles. The van der Waals surface area contributed by atoms with Gasteiger partial charge in [0, 0.05) is 12.1 Å². The number of nitrogens with one attached hydrogen (secondary N) is 2. The summed E-state index contributed by atoms with van der Waals surface area (Å²) in [5.74, 6) is 2.42. The van der Waals surface area contributed by atoms with E-state index < -0.39 is 0 Å². The number of benzene rings is 2. The molecule has 1 aromatic heterocycles. The molecule has 0 unspecified atom stereocenters. The first-order chi connectivity index (χ1) is 13.3. The third-order valence-corrected chi connectivity index (χ3v) is 5.26. The summed E-state index contributed by atoms with van der Waals surface area (Å²) in [4.78, 5) is 10.3. The monoisotopic (exact) mass is 380 g/mol. The van der Waals surface area contributed by atoms with Crippen LogP contribution in [0.2, 0.25) is 0 Å². The summed E-state index contributed by atoms with van der Waals surface area (Å²) in [6.07, 6.45) is 0. The lowest BCUT2D eigenvalue weighted by Gasteiger charge is -2.05. The largest absolute Gasteiger partial charge is 0.497 e. The molecular weight excluding hydrogens is 360 g/mol. The molecule has 1 aliphatic heterocycles. The Balaban J connectivity index is 1.74. The van der Waals surface area contributed by atoms with Crippen LogP contribution in [0.1, 0.15) is 0 Å². The number of rotatable bonds is 5. The van der Waals surface area contributed by atoms with Crippen LogP contribution in [0.3, 0.4) is 0 Å². The van der Waals surface area contributed by atoms with Crippen molar-refractivity contribution >= 4 is 22.4 Å². The van der Waals surface area contributed by atoms with Crippen molar-refractivity contribution < 1.29 is 9.47 Å². The van der Waals surface area contributed by atoms with Crippen molar-refractivity contribution in [1.82, 2.24) is 10.3 Å². The van der Waals surface area contributed by atoms with Gasteiger partial charge in [-0.15, -0.1) is 0 Å². The number of hydrogen-bond donors (Lipinski definition) is 2. The third-order valence-electron chi connectivity index (χ3n) is 4.24. The van der Waals surface area contributed by atoms with Gasteiger partial charge in [0.15, 0.2) is 11.1 Å². The summed E-state index contributed by atoms with van der Waals surface area (Å²) in [6, 6.07) is 16.0. The van der Waals surface area contributed by atoms with E-state index >= 15 is 0 Å². The lowest BCUT2D eigenvalue weighted by atomic mass is 10.1. The van der Waals surface area contributed by atoms with E-state index in [2.05, 4.69) is 27.8 Å². The van der Waals surface area contributed by atoms with Gasteiger partial charge >= 0.3 is 0 Å². The molecule has 3 aromatic rings. The molecule has 0 radical (unpaired) electrons. The Hall–Kier alpha value is -3.06. The summed E-state index contributed by atoms with van der Waals surface area (Å²) in [7, 11) is 3.33. The molecule has 0 saturated carbocycles. The van der Waals surface area contributed by atoms with Gasteiger partial charge in [0.05, 0.1) is 31.3 Å². The van der Waals surface area contributed by atoms with Crippen molar-refractivity contribution in [2.45, 2.75) is 0 Å². The molecule has 2 heterocycles. The van der Waals surface area contributed by atoms with Crippen LogP contribution in [0.15, 0.2) is 53.5 Å². The maximum absolute atomic E-state index is 5.28. The van der Waals surface area contributed by atoms with Gasteiger partial charge in [-0.3, -0.25) is 4.99 Å². The number of ether oxygens (including phenoxy) is 2. The van der Waals surface area contributed by atoms with Crippen LogP contribution >= 0.6 is 11.3 Å². The van der Waals surface area contributed by atoms with Crippen molar-refractivity contribution in [3.05, 3.63) is 48.5 Å². The Morgan fingerprint density at radius 2 is 1.56 bits per heavy atom. The topological polar surface area (TPSA) is 67.8 Å². The van der Waals surface area contributed by atoms with Crippen molar-refractivity contribution in [1.29, 1.82) is 0 Å². The highest BCUT2D eigenvalue weighted by Crippen LogP contribution is 2.40. The van der Waals surface area contributed by atoms with E-state index in [1.54, 1.807) is 25.6 Å². The minimum atomic E-state index is 0.770. The number of guanidine groups is 1. The van der Waals surface area contributed by atoms with E-state index in [0.717, 1.165) is 57.4 Å². The number of hydrogen-bond acceptors (Lipinski definition) is 7. The molecule has 7 heteroatoms. The Labute approximate surface area is 161 Å². The Morgan fingerprint density at radius 3 is 2.11 bits per heavy atom. The second kappa shape index (κ2) is 7.67. The molecule has 0 bridgehead atoms. The molecule has 0 saturated heterocycles. The highest BCUT2D eigenvalue weighted by Gasteiger charge is 2.17. The smallest absolute Gasteiger partial charge is 0.197 e. The molecule has 6 nitrogen and oxygen atoms in total. The van der Waals surface area contributed by atoms with Gasteiger partial charge in [0.2, 0.25) is 0 Å². The van der Waals surface area contributed by atoms with Gasteiger partial charge in [-0.1, -0.05) is 11.3 Å². The molecule has 138 valence electrons. The van der Waals surface area contributed by atoms with Crippen LogP contribution in [-0.2, 0) is 0 Å². The number of thiazole rings is 1. The third kappa shape index (κ3) is 3.73. The van der Waals surface area contributed by atoms with Gasteiger partial charge in [-0.25, -0.2) is 4.98 Å². The summed E-state index contributed by atoms with van der Waals surface area (Å²) in [5.41, 5.74) is 3.05. The quantitative estimate of drug-likeness (QED) is 0.703. The van der Waals surface area contributed by atoms with Gasteiger partial charge in [-0.2, -0.15) is 0 Å². The minimum Gasteiger partial charge on any atom is -0.497 e. The maximum atomic E-state index is 5.28. The van der Waals surface area contributed by atoms with E-state index in [0.29, 0.717) is 0 Å². The van der Waals surface area contributed by atoms with Crippen LogP contribution in [0.5, 0.6) is 11.5 Å². The molecule has 0 aliphatic carbocycles. The van der Waals surface area contributed by atoms with Crippen LogP contribution in [0, 0.1) is 0 Å². The fraction of sp³-hybridized carbons (Fsp3) is 0.200. The molecule has 0 atom stereocenters. The van der Waals surface area contributed by atoms with Crippen molar-refractivity contribution in [3.63, 3.8) is 0 Å². The molecule has 0 spiro atoms. The molecule has 4 rings (SSSR count). The van der Waals surface area contributed by atoms with E-state index in [-0.39, 0.29) is 0 Å². The normalized spacial score (nSPS) is 13.0. The zero-order chi connectivity index (χ0) is 18.6. The SMILES string of the molecule is COc1ccc(-c2nc(NC3=NCCN3)sc2-c2ccc(OC)cc2)cc1. The molecule has 2 N–H and O–H groups in total. The summed E-state index contributed by atoms with van der Waals surface area (Å²) in [5, 5.41) is 7.30. The predicted octanol–water partition coefficient (Wildman–Crippen LogP) is 3.87. The molecule has 0 amide bonds. The average Bonchev–Trinajstić information content (AvgIpc) is 3.38. The first-order valence-electron chi connectivity index (χ1n) is 8.62. The predicted molar refractivity (Wildman–Crippen MR) is 110 cm³/mol. The minimum absolute atomic E-state index is 0.770. The van der Waals surface area contributed by atoms with Gasteiger partial charge in [0.25, 0.3) is 0 Å². The van der Waals surface area contributed by atoms with E-state index in [1.807, 2.05) is 36.4 Å². The molecule has 1 aliphatic rings. The second-order valence-electron chi connectivity index (χ2n) is 5.94. The molecule has 0 fully saturated rings. The fourth-order valence-corrected chi connectivity index (χ4v) is 3.83. The Bertz CT molecular complexity index is 884. The van der Waals surface area contributed by atoms with E-state index in [1.165, 1.54) is 0 Å². The Morgan fingerprint density at radius 1 is 0.926 bits per heavy atom. The van der Waals surface area contributed by atoms with Crippen LogP contribution in [0.25, 0.3) is 21.7 Å². The number of nitrogens with zero attached hydrogens (tertiary/aromatic N) is 2. The van der Waals surface area contributed by atoms with E-state index in [4.69, 9.17) is 14.5 Å². The lowest BCUT2D eigenvalue weighted by Crippen LogP contribution is -2.26. The maximum Gasteiger partial charge on any atom is 0.197 e. The number of aliphatic imine (C=N–C) groups is 1. The second-order valence-corrected chi connectivity index (χ2v) is 6.93. The summed E-state index contributed by atoms with van der Waals surface area (Å²) < 4.78 is 10.5. The lowest BCUT2D eigenvalue weighted by molar-refractivity contribution is 0.414. The molecular formula is C20H20N4O2S. The van der Waals surface area contributed by atoms with Gasteiger partial charge in [0.1, 0.15) is 11.5 Å². The van der Waals surface area contributed by atoms with Crippen LogP contribution in [-0.4, -0.2) is 38.3 Å². The first kappa shape index (κ1) is 17.4. The number of aromatic nitrogens is 1. The van der Waals surface area contributed by atoms with Crippen molar-refractivity contribution in [2.75, 3.05) is 32.6 Å². The van der Waals surface area contributed by atoms with Crippen LogP contribution < -0.4 is 20.1 Å². The molecule has 27 heavy (non-hydrogen) atoms. The standard InChI is InChI=1S/C20H20N4O2S/c1-25-15-7-3-13(4-8-15)17-18(14-5-9-16(26-2)10-6-14)27-20(23-17)24-19-21-11-12-22-19/h3-10H,11-12H2,1-2H3,(H2,21,22,23,24). The van der Waals surface area contributed by atoms with Gasteiger partial charge < -0.3 is 20.1 Å². The highest BCUT2D eigenvalue weighted by atomic mass is 32.1. The van der Waals surface area contributed by atoms with Gasteiger partial charge in [-0.05, 0) is 54.1 Å². The van der Waals surface area contributed by atoms with Crippen molar-refractivity contribution in [2.24, 2.45) is 4.99 Å². The first-order valence-corrected chi connectivity index (χ1v) is 9.43. The van der Waals surface area contributed by atoms with Crippen LogP contribution in [0.4, 0.5) is 5.13 Å². The average molecular weight is 380 g/mol. The fourth-order valence-electron chi connectivity index (χ4n) is 2.84. The number of anilines is 1. The summed E-state index contributed by atoms with van der Waals surface area (Å²) >= 11 is 1.60.